The van der Waals surface area contributed by atoms with Gasteiger partial charge < -0.3 is 10.1 Å². The minimum absolute atomic E-state index is 0.00465. The van der Waals surface area contributed by atoms with Gasteiger partial charge in [0, 0.05) is 25.2 Å². The standard InChI is InChI=1S/C13H28N2O/c1-11(2)14-12-6-7-15(10-12)8-9-16-13(3,4)5/h11-12,14H,6-10H2,1-5H3/t12-/m0/s1. The average Bonchev–Trinajstić information content (AvgIpc) is 2.49. The van der Waals surface area contributed by atoms with E-state index in [2.05, 4.69) is 44.8 Å². The molecule has 0 aromatic rings. The van der Waals surface area contributed by atoms with Crippen LogP contribution in [0, 0.1) is 0 Å². The maximum atomic E-state index is 5.75. The molecule has 1 saturated heterocycles. The van der Waals surface area contributed by atoms with E-state index in [1.165, 1.54) is 19.5 Å². The molecule has 1 atom stereocenters. The molecule has 1 heterocycles. The summed E-state index contributed by atoms with van der Waals surface area (Å²) in [5.41, 5.74) is -0.00465. The molecule has 0 aromatic heterocycles. The zero-order valence-electron chi connectivity index (χ0n) is 11.5. The zero-order valence-corrected chi connectivity index (χ0v) is 11.5. The Hall–Kier alpha value is -0.120. The number of nitrogens with one attached hydrogen (secondary N) is 1. The lowest BCUT2D eigenvalue weighted by Crippen LogP contribution is -2.37. The molecule has 0 unspecified atom stereocenters. The molecule has 1 aliphatic heterocycles. The number of likely N-dealkylation sites (tertiary alicyclic amines) is 1. The van der Waals surface area contributed by atoms with Crippen LogP contribution in [0.25, 0.3) is 0 Å². The van der Waals surface area contributed by atoms with Crippen LogP contribution in [0.2, 0.25) is 0 Å². The molecule has 1 fully saturated rings. The average molecular weight is 228 g/mol. The lowest BCUT2D eigenvalue weighted by atomic mass is 10.2. The normalized spacial score (nSPS) is 23.2. The fourth-order valence-electron chi connectivity index (χ4n) is 2.12. The van der Waals surface area contributed by atoms with E-state index in [0.29, 0.717) is 12.1 Å². The van der Waals surface area contributed by atoms with Crippen LogP contribution >= 0.6 is 0 Å². The van der Waals surface area contributed by atoms with Gasteiger partial charge in [0.15, 0.2) is 0 Å². The first-order valence-electron chi connectivity index (χ1n) is 6.49. The Labute approximate surface area is 101 Å². The van der Waals surface area contributed by atoms with Crippen molar-refractivity contribution in [3.05, 3.63) is 0 Å². The Morgan fingerprint density at radius 1 is 1.38 bits per heavy atom. The number of rotatable bonds is 5. The fraction of sp³-hybridized carbons (Fsp3) is 1.00. The lowest BCUT2D eigenvalue weighted by molar-refractivity contribution is -0.0111. The number of hydrogen-bond acceptors (Lipinski definition) is 3. The summed E-state index contributed by atoms with van der Waals surface area (Å²) in [7, 11) is 0. The summed E-state index contributed by atoms with van der Waals surface area (Å²) in [6.07, 6.45) is 1.27. The van der Waals surface area contributed by atoms with Gasteiger partial charge in [-0.05, 0) is 33.7 Å². The first kappa shape index (κ1) is 13.9. The second kappa shape index (κ2) is 5.99. The third-order valence-corrected chi connectivity index (χ3v) is 2.78. The van der Waals surface area contributed by atoms with E-state index < -0.39 is 0 Å². The maximum absolute atomic E-state index is 5.75. The highest BCUT2D eigenvalue weighted by Gasteiger charge is 2.22. The second-order valence-corrected chi connectivity index (χ2v) is 6.07. The molecule has 1 N–H and O–H groups in total. The van der Waals surface area contributed by atoms with Crippen LogP contribution in [-0.4, -0.2) is 48.8 Å². The van der Waals surface area contributed by atoms with E-state index in [1.54, 1.807) is 0 Å². The van der Waals surface area contributed by atoms with Gasteiger partial charge in [-0.15, -0.1) is 0 Å². The molecule has 0 aliphatic carbocycles. The van der Waals surface area contributed by atoms with Crippen LogP contribution in [0.5, 0.6) is 0 Å². The van der Waals surface area contributed by atoms with Gasteiger partial charge >= 0.3 is 0 Å². The molecular formula is C13H28N2O. The van der Waals surface area contributed by atoms with Gasteiger partial charge in [-0.1, -0.05) is 13.8 Å². The van der Waals surface area contributed by atoms with Crippen molar-refractivity contribution in [2.24, 2.45) is 0 Å². The molecule has 0 bridgehead atoms. The van der Waals surface area contributed by atoms with Gasteiger partial charge in [-0.2, -0.15) is 0 Å². The minimum Gasteiger partial charge on any atom is -0.375 e. The Balaban J connectivity index is 2.12. The SMILES string of the molecule is CC(C)N[C@H]1CCN(CCOC(C)(C)C)C1. The third kappa shape index (κ3) is 5.83. The van der Waals surface area contributed by atoms with Crippen LogP contribution in [0.4, 0.5) is 0 Å². The monoisotopic (exact) mass is 228 g/mol. The van der Waals surface area contributed by atoms with E-state index >= 15 is 0 Å². The third-order valence-electron chi connectivity index (χ3n) is 2.78. The molecule has 0 aromatic carbocycles. The Kier molecular flexibility index (Phi) is 5.22. The predicted octanol–water partition coefficient (Wildman–Crippen LogP) is 1.87. The maximum Gasteiger partial charge on any atom is 0.0600 e. The fourth-order valence-corrected chi connectivity index (χ4v) is 2.12. The van der Waals surface area contributed by atoms with Crippen molar-refractivity contribution in [2.45, 2.75) is 58.7 Å². The molecule has 0 amide bonds. The van der Waals surface area contributed by atoms with Crippen LogP contribution in [0.15, 0.2) is 0 Å². The van der Waals surface area contributed by atoms with Crippen molar-refractivity contribution in [2.75, 3.05) is 26.2 Å². The van der Waals surface area contributed by atoms with Gasteiger partial charge in [0.25, 0.3) is 0 Å². The van der Waals surface area contributed by atoms with E-state index in [0.717, 1.165) is 13.2 Å². The highest BCUT2D eigenvalue weighted by atomic mass is 16.5. The summed E-state index contributed by atoms with van der Waals surface area (Å²) in [5, 5.41) is 3.60. The minimum atomic E-state index is -0.00465. The van der Waals surface area contributed by atoms with Crippen molar-refractivity contribution < 1.29 is 4.74 Å². The van der Waals surface area contributed by atoms with E-state index in [4.69, 9.17) is 4.74 Å². The highest BCUT2D eigenvalue weighted by Crippen LogP contribution is 2.11. The topological polar surface area (TPSA) is 24.5 Å². The first-order valence-corrected chi connectivity index (χ1v) is 6.49. The molecule has 16 heavy (non-hydrogen) atoms. The van der Waals surface area contributed by atoms with Crippen molar-refractivity contribution in [1.82, 2.24) is 10.2 Å². The predicted molar refractivity (Wildman–Crippen MR) is 68.8 cm³/mol. The van der Waals surface area contributed by atoms with Gasteiger partial charge in [0.2, 0.25) is 0 Å². The van der Waals surface area contributed by atoms with Gasteiger partial charge in [-0.25, -0.2) is 0 Å². The summed E-state index contributed by atoms with van der Waals surface area (Å²) < 4.78 is 5.75. The molecule has 96 valence electrons. The van der Waals surface area contributed by atoms with Gasteiger partial charge in [0.1, 0.15) is 0 Å². The second-order valence-electron chi connectivity index (χ2n) is 6.07. The largest absolute Gasteiger partial charge is 0.375 e. The Bertz CT molecular complexity index is 199. The zero-order chi connectivity index (χ0) is 12.2. The van der Waals surface area contributed by atoms with Crippen LogP contribution in [0.1, 0.15) is 41.0 Å². The molecule has 3 nitrogen and oxygen atoms in total. The van der Waals surface area contributed by atoms with E-state index in [1.807, 2.05) is 0 Å². The van der Waals surface area contributed by atoms with Crippen molar-refractivity contribution in [1.29, 1.82) is 0 Å². The Morgan fingerprint density at radius 3 is 2.62 bits per heavy atom. The number of ether oxygens (including phenoxy) is 1. The highest BCUT2D eigenvalue weighted by molar-refractivity contribution is 4.81. The van der Waals surface area contributed by atoms with Crippen molar-refractivity contribution in [3.8, 4) is 0 Å². The quantitative estimate of drug-likeness (QED) is 0.777. The molecule has 0 spiro atoms. The summed E-state index contributed by atoms with van der Waals surface area (Å²) in [6.45, 7) is 15.0. The summed E-state index contributed by atoms with van der Waals surface area (Å²) in [5.74, 6) is 0. The van der Waals surface area contributed by atoms with Crippen molar-refractivity contribution in [3.63, 3.8) is 0 Å². The van der Waals surface area contributed by atoms with Crippen LogP contribution in [0.3, 0.4) is 0 Å². The Morgan fingerprint density at radius 2 is 2.06 bits per heavy atom. The first-order chi connectivity index (χ1) is 7.37. The molecule has 0 radical (unpaired) electrons. The number of hydrogen-bond donors (Lipinski definition) is 1. The van der Waals surface area contributed by atoms with Gasteiger partial charge in [-0.3, -0.25) is 4.90 Å². The molecule has 3 heteroatoms. The molecule has 1 aliphatic rings. The molecule has 1 rings (SSSR count). The van der Waals surface area contributed by atoms with Crippen molar-refractivity contribution >= 4 is 0 Å². The summed E-state index contributed by atoms with van der Waals surface area (Å²) in [6, 6.07) is 1.27. The van der Waals surface area contributed by atoms with Gasteiger partial charge in [0.05, 0.1) is 12.2 Å². The summed E-state index contributed by atoms with van der Waals surface area (Å²) >= 11 is 0. The smallest absolute Gasteiger partial charge is 0.0600 e. The lowest BCUT2D eigenvalue weighted by Gasteiger charge is -2.23. The van der Waals surface area contributed by atoms with Crippen LogP contribution < -0.4 is 5.32 Å². The summed E-state index contributed by atoms with van der Waals surface area (Å²) in [4.78, 5) is 2.49. The van der Waals surface area contributed by atoms with E-state index in [-0.39, 0.29) is 5.60 Å². The number of nitrogens with zero attached hydrogens (tertiary/aromatic N) is 1. The molecule has 0 saturated carbocycles. The molecular weight excluding hydrogens is 200 g/mol. The van der Waals surface area contributed by atoms with Crippen LogP contribution in [-0.2, 0) is 4.74 Å². The van der Waals surface area contributed by atoms with E-state index in [9.17, 15) is 0 Å².